The Balaban J connectivity index is 2.43. The van der Waals surface area contributed by atoms with Crippen LogP contribution in [0.2, 0.25) is 0 Å². The zero-order chi connectivity index (χ0) is 12.7. The van der Waals surface area contributed by atoms with Gasteiger partial charge in [0.05, 0.1) is 13.2 Å². The molecule has 0 saturated heterocycles. The lowest BCUT2D eigenvalue weighted by molar-refractivity contribution is 0.139. The summed E-state index contributed by atoms with van der Waals surface area (Å²) in [6.45, 7) is 0.680. The fourth-order valence-electron chi connectivity index (χ4n) is 1.48. The first kappa shape index (κ1) is 14.2. The predicted octanol–water partition coefficient (Wildman–Crippen LogP) is 1.47. The van der Waals surface area contributed by atoms with Gasteiger partial charge in [0.15, 0.2) is 5.96 Å². The Morgan fingerprint density at radius 3 is 2.94 bits per heavy atom. The largest absolute Gasteiger partial charge is 0.374 e. The summed E-state index contributed by atoms with van der Waals surface area (Å²) in [5.74, 6) is 0.395. The minimum atomic E-state index is -0.457. The van der Waals surface area contributed by atoms with Gasteiger partial charge in [-0.15, -0.1) is 0 Å². The number of allylic oxidation sites excluding steroid dienone is 1. The summed E-state index contributed by atoms with van der Waals surface area (Å²) in [6, 6.07) is 0. The number of nitrogens with two attached hydrogens (primary N) is 2. The van der Waals surface area contributed by atoms with Crippen LogP contribution >= 0.6 is 15.9 Å². The minimum Gasteiger partial charge on any atom is -0.374 e. The molecule has 0 radical (unpaired) electrons. The molecular formula is C11H17BrFN3O. The van der Waals surface area contributed by atoms with Crippen molar-refractivity contribution < 1.29 is 9.13 Å². The van der Waals surface area contributed by atoms with Gasteiger partial charge in [-0.2, -0.15) is 0 Å². The Bertz CT molecular complexity index is 338. The van der Waals surface area contributed by atoms with E-state index in [2.05, 4.69) is 20.9 Å². The van der Waals surface area contributed by atoms with E-state index in [1.165, 1.54) is 0 Å². The fraction of sp³-hybridized carbons (Fsp3) is 0.545. The number of ether oxygens (including phenoxy) is 1. The third-order valence-corrected chi connectivity index (χ3v) is 3.18. The van der Waals surface area contributed by atoms with E-state index in [4.69, 9.17) is 16.2 Å². The third-order valence-electron chi connectivity index (χ3n) is 2.35. The molecule has 17 heavy (non-hydrogen) atoms. The molecule has 1 unspecified atom stereocenters. The SMILES string of the molecule is NC(N)=NCC1C=CC(COCCF)=C(Br)C1. The van der Waals surface area contributed by atoms with Crippen molar-refractivity contribution in [1.82, 2.24) is 0 Å². The Hall–Kier alpha value is -0.880. The van der Waals surface area contributed by atoms with E-state index in [1.54, 1.807) is 0 Å². The average Bonchev–Trinajstić information content (AvgIpc) is 2.29. The Morgan fingerprint density at radius 2 is 2.35 bits per heavy atom. The van der Waals surface area contributed by atoms with Crippen LogP contribution in [0.4, 0.5) is 4.39 Å². The molecule has 0 aromatic carbocycles. The lowest BCUT2D eigenvalue weighted by Gasteiger charge is -2.18. The van der Waals surface area contributed by atoms with Crippen molar-refractivity contribution in [3.8, 4) is 0 Å². The van der Waals surface area contributed by atoms with Crippen LogP contribution in [0.1, 0.15) is 6.42 Å². The number of alkyl halides is 1. The first-order valence-corrected chi connectivity index (χ1v) is 6.17. The summed E-state index contributed by atoms with van der Waals surface area (Å²) in [4.78, 5) is 3.98. The fourth-order valence-corrected chi connectivity index (χ4v) is 2.15. The molecule has 4 N–H and O–H groups in total. The highest BCUT2D eigenvalue weighted by Crippen LogP contribution is 2.28. The molecule has 1 aliphatic carbocycles. The van der Waals surface area contributed by atoms with Crippen LogP contribution in [0.25, 0.3) is 0 Å². The van der Waals surface area contributed by atoms with Crippen molar-refractivity contribution >= 4 is 21.9 Å². The summed E-state index contributed by atoms with van der Waals surface area (Å²) < 4.78 is 18.1. The molecule has 0 heterocycles. The van der Waals surface area contributed by atoms with Crippen LogP contribution in [0.5, 0.6) is 0 Å². The van der Waals surface area contributed by atoms with Crippen LogP contribution in [0.3, 0.4) is 0 Å². The van der Waals surface area contributed by atoms with Crippen molar-refractivity contribution in [2.45, 2.75) is 6.42 Å². The van der Waals surface area contributed by atoms with Crippen LogP contribution in [-0.4, -0.2) is 32.4 Å². The van der Waals surface area contributed by atoms with Gasteiger partial charge in [0, 0.05) is 16.9 Å². The summed E-state index contributed by atoms with van der Waals surface area (Å²) >= 11 is 3.50. The minimum absolute atomic E-state index is 0.107. The molecular weight excluding hydrogens is 289 g/mol. The standard InChI is InChI=1S/C11H17BrFN3O/c12-10-5-8(6-16-11(14)15)1-2-9(10)7-17-4-3-13/h1-2,8H,3-7H2,(H4,14,15,16). The molecule has 1 aliphatic rings. The normalized spacial score (nSPS) is 19.5. The smallest absolute Gasteiger partial charge is 0.185 e. The Morgan fingerprint density at radius 1 is 1.59 bits per heavy atom. The van der Waals surface area contributed by atoms with Crippen LogP contribution in [-0.2, 0) is 4.74 Å². The molecule has 0 fully saturated rings. The molecule has 1 rings (SSSR count). The third kappa shape index (κ3) is 5.32. The van der Waals surface area contributed by atoms with Gasteiger partial charge in [-0.05, 0) is 12.0 Å². The molecule has 0 aromatic heterocycles. The number of nitrogens with zero attached hydrogens (tertiary/aromatic N) is 1. The second kappa shape index (κ2) is 7.45. The molecule has 0 amide bonds. The lowest BCUT2D eigenvalue weighted by atomic mass is 9.97. The maximum Gasteiger partial charge on any atom is 0.185 e. The highest BCUT2D eigenvalue weighted by Gasteiger charge is 2.14. The highest BCUT2D eigenvalue weighted by molar-refractivity contribution is 9.11. The average molecular weight is 306 g/mol. The molecule has 0 aromatic rings. The molecule has 96 valence electrons. The summed E-state index contributed by atoms with van der Waals surface area (Å²) in [5, 5.41) is 0. The summed E-state index contributed by atoms with van der Waals surface area (Å²) in [5.41, 5.74) is 11.6. The van der Waals surface area contributed by atoms with E-state index >= 15 is 0 Å². The van der Waals surface area contributed by atoms with E-state index in [0.717, 1.165) is 16.5 Å². The van der Waals surface area contributed by atoms with Gasteiger partial charge in [-0.3, -0.25) is 4.99 Å². The molecule has 1 atom stereocenters. The Labute approximate surface area is 109 Å². The molecule has 0 aliphatic heterocycles. The maximum atomic E-state index is 11.9. The van der Waals surface area contributed by atoms with Crippen molar-refractivity contribution in [2.75, 3.05) is 26.4 Å². The molecule has 4 nitrogen and oxygen atoms in total. The Kier molecular flexibility index (Phi) is 6.21. The van der Waals surface area contributed by atoms with Gasteiger partial charge in [-0.25, -0.2) is 4.39 Å². The molecule has 6 heteroatoms. The maximum absolute atomic E-state index is 11.9. The topological polar surface area (TPSA) is 73.6 Å². The molecule has 0 saturated carbocycles. The second-order valence-corrected chi connectivity index (χ2v) is 4.72. The van der Waals surface area contributed by atoms with Gasteiger partial charge in [0.1, 0.15) is 6.67 Å². The number of rotatable bonds is 6. The highest BCUT2D eigenvalue weighted by atomic mass is 79.9. The molecule has 0 bridgehead atoms. The van der Waals surface area contributed by atoms with Gasteiger partial charge in [0.25, 0.3) is 0 Å². The van der Waals surface area contributed by atoms with E-state index in [-0.39, 0.29) is 18.5 Å². The first-order chi connectivity index (χ1) is 8.13. The van der Waals surface area contributed by atoms with E-state index in [1.807, 2.05) is 12.2 Å². The number of guanidine groups is 1. The van der Waals surface area contributed by atoms with Crippen LogP contribution < -0.4 is 11.5 Å². The van der Waals surface area contributed by atoms with E-state index in [9.17, 15) is 4.39 Å². The van der Waals surface area contributed by atoms with Crippen molar-refractivity contribution in [3.05, 3.63) is 22.2 Å². The number of hydrogen-bond acceptors (Lipinski definition) is 2. The van der Waals surface area contributed by atoms with Gasteiger partial charge in [0.2, 0.25) is 0 Å². The van der Waals surface area contributed by atoms with Gasteiger partial charge >= 0.3 is 0 Å². The van der Waals surface area contributed by atoms with E-state index < -0.39 is 6.67 Å². The van der Waals surface area contributed by atoms with Crippen molar-refractivity contribution in [2.24, 2.45) is 22.4 Å². The summed E-state index contributed by atoms with van der Waals surface area (Å²) in [7, 11) is 0. The monoisotopic (exact) mass is 305 g/mol. The second-order valence-electron chi connectivity index (χ2n) is 3.76. The lowest BCUT2D eigenvalue weighted by Crippen LogP contribution is -2.24. The first-order valence-electron chi connectivity index (χ1n) is 5.38. The van der Waals surface area contributed by atoms with Gasteiger partial charge < -0.3 is 16.2 Å². The van der Waals surface area contributed by atoms with E-state index in [0.29, 0.717) is 13.2 Å². The predicted molar refractivity (Wildman–Crippen MR) is 70.7 cm³/mol. The van der Waals surface area contributed by atoms with Crippen molar-refractivity contribution in [3.63, 3.8) is 0 Å². The van der Waals surface area contributed by atoms with Crippen molar-refractivity contribution in [1.29, 1.82) is 0 Å². The van der Waals surface area contributed by atoms with Crippen LogP contribution in [0, 0.1) is 5.92 Å². The summed E-state index contributed by atoms with van der Waals surface area (Å²) in [6.07, 6.45) is 4.85. The number of halogens is 2. The van der Waals surface area contributed by atoms with Gasteiger partial charge in [-0.1, -0.05) is 28.1 Å². The number of hydrogen-bond donors (Lipinski definition) is 2. The molecule has 0 spiro atoms. The quantitative estimate of drug-likeness (QED) is 0.443. The zero-order valence-corrected chi connectivity index (χ0v) is 11.1. The van der Waals surface area contributed by atoms with Crippen LogP contribution in [0.15, 0.2) is 27.2 Å². The zero-order valence-electron chi connectivity index (χ0n) is 9.53. The number of aliphatic imine (C=N–C) groups is 1.